The minimum Gasteiger partial charge on any atom is -0.380 e. The fourth-order valence-electron chi connectivity index (χ4n) is 1.36. The molecule has 0 saturated heterocycles. The van der Waals surface area contributed by atoms with Crippen molar-refractivity contribution in [3.8, 4) is 0 Å². The number of nitrogens with zero attached hydrogens (tertiary/aromatic N) is 1. The summed E-state index contributed by atoms with van der Waals surface area (Å²) in [6.07, 6.45) is 0. The lowest BCUT2D eigenvalue weighted by atomic mass is 10.4. The van der Waals surface area contributed by atoms with Crippen LogP contribution in [0.15, 0.2) is 0 Å². The third-order valence-corrected chi connectivity index (χ3v) is 2.33. The van der Waals surface area contributed by atoms with Crippen LogP contribution in [0.3, 0.4) is 0 Å². The molecule has 0 bridgehead atoms. The number of nitrogens with one attached hydrogen (secondary N) is 1. The molecule has 3 N–H and O–H groups in total. The number of hydrogen-bond donors (Lipinski definition) is 2. The van der Waals surface area contributed by atoms with Crippen molar-refractivity contribution in [2.45, 2.75) is 13.8 Å². The van der Waals surface area contributed by atoms with Gasteiger partial charge in [0.25, 0.3) is 0 Å². The van der Waals surface area contributed by atoms with Crippen LogP contribution in [0.1, 0.15) is 13.8 Å². The average Bonchev–Trinajstić information content (AvgIpc) is 2.42. The Kier molecular flexibility index (Phi) is 11.1. The second-order valence-corrected chi connectivity index (χ2v) is 3.73. The van der Waals surface area contributed by atoms with E-state index in [4.69, 9.17) is 15.2 Å². The SMILES string of the molecule is CCOCCN(CCOCC)C(=O)C(=O)NCCN. The van der Waals surface area contributed by atoms with Crippen LogP contribution in [0.2, 0.25) is 0 Å². The van der Waals surface area contributed by atoms with Gasteiger partial charge in [0.05, 0.1) is 13.2 Å². The number of carbonyl (C=O) groups is 2. The van der Waals surface area contributed by atoms with Gasteiger partial charge in [0.1, 0.15) is 0 Å². The summed E-state index contributed by atoms with van der Waals surface area (Å²) in [6.45, 7) is 7.04. The maximum absolute atomic E-state index is 11.9. The van der Waals surface area contributed by atoms with Crippen LogP contribution in [0.4, 0.5) is 0 Å². The van der Waals surface area contributed by atoms with Gasteiger partial charge in [-0.25, -0.2) is 0 Å². The molecule has 0 rings (SSSR count). The maximum Gasteiger partial charge on any atom is 0.312 e. The molecule has 0 atom stereocenters. The first-order chi connectivity index (χ1) is 9.17. The second kappa shape index (κ2) is 11.9. The zero-order valence-electron chi connectivity index (χ0n) is 11.8. The monoisotopic (exact) mass is 275 g/mol. The highest BCUT2D eigenvalue weighted by Gasteiger charge is 2.20. The first-order valence-electron chi connectivity index (χ1n) is 6.60. The molecule has 7 nitrogen and oxygen atoms in total. The van der Waals surface area contributed by atoms with Crippen LogP contribution in [-0.2, 0) is 19.1 Å². The first-order valence-corrected chi connectivity index (χ1v) is 6.60. The van der Waals surface area contributed by atoms with E-state index in [1.807, 2.05) is 13.8 Å². The molecule has 112 valence electrons. The summed E-state index contributed by atoms with van der Waals surface area (Å²) < 4.78 is 10.4. The summed E-state index contributed by atoms with van der Waals surface area (Å²) in [7, 11) is 0. The largest absolute Gasteiger partial charge is 0.380 e. The van der Waals surface area contributed by atoms with Crippen LogP contribution in [0, 0.1) is 0 Å². The number of amides is 2. The van der Waals surface area contributed by atoms with Gasteiger partial charge >= 0.3 is 11.8 Å². The maximum atomic E-state index is 11.9. The molecule has 0 heterocycles. The molecule has 0 aliphatic carbocycles. The highest BCUT2D eigenvalue weighted by molar-refractivity contribution is 6.35. The predicted octanol–water partition coefficient (Wildman–Crippen LogP) is -1.04. The van der Waals surface area contributed by atoms with E-state index >= 15 is 0 Å². The number of ether oxygens (including phenoxy) is 2. The Labute approximate surface area is 114 Å². The van der Waals surface area contributed by atoms with E-state index in [-0.39, 0.29) is 6.54 Å². The topological polar surface area (TPSA) is 93.9 Å². The zero-order valence-corrected chi connectivity index (χ0v) is 11.8. The molecule has 0 saturated carbocycles. The molecule has 0 aromatic heterocycles. The summed E-state index contributed by atoms with van der Waals surface area (Å²) in [5, 5.41) is 2.46. The smallest absolute Gasteiger partial charge is 0.312 e. The Bertz CT molecular complexity index is 251. The molecule has 0 fully saturated rings. The zero-order chi connectivity index (χ0) is 14.5. The molecule has 19 heavy (non-hydrogen) atoms. The summed E-state index contributed by atoms with van der Waals surface area (Å²) in [5.41, 5.74) is 5.27. The van der Waals surface area contributed by atoms with E-state index in [1.165, 1.54) is 4.90 Å². The standard InChI is InChI=1S/C12H25N3O4/c1-3-18-9-7-15(8-10-19-4-2)12(17)11(16)14-6-5-13/h3-10,13H2,1-2H3,(H,14,16). The van der Waals surface area contributed by atoms with Gasteiger partial charge in [0.15, 0.2) is 0 Å². The van der Waals surface area contributed by atoms with Gasteiger partial charge in [-0.3, -0.25) is 9.59 Å². The Morgan fingerprint density at radius 2 is 1.63 bits per heavy atom. The molecule has 0 aromatic rings. The molecule has 0 aliphatic heterocycles. The van der Waals surface area contributed by atoms with Crippen LogP contribution >= 0.6 is 0 Å². The third-order valence-electron chi connectivity index (χ3n) is 2.33. The number of hydrogen-bond acceptors (Lipinski definition) is 5. The molecule has 0 unspecified atom stereocenters. The molecule has 0 aliphatic rings. The van der Waals surface area contributed by atoms with Crippen molar-refractivity contribution in [2.24, 2.45) is 5.73 Å². The van der Waals surface area contributed by atoms with Crippen molar-refractivity contribution < 1.29 is 19.1 Å². The minimum absolute atomic E-state index is 0.287. The lowest BCUT2D eigenvalue weighted by Gasteiger charge is -2.21. The van der Waals surface area contributed by atoms with Crippen LogP contribution in [0.5, 0.6) is 0 Å². The average molecular weight is 275 g/mol. The van der Waals surface area contributed by atoms with Crippen molar-refractivity contribution in [1.29, 1.82) is 0 Å². The van der Waals surface area contributed by atoms with Gasteiger partial charge in [-0.05, 0) is 13.8 Å². The Hall–Kier alpha value is -1.18. The van der Waals surface area contributed by atoms with Gasteiger partial charge in [-0.15, -0.1) is 0 Å². The van der Waals surface area contributed by atoms with E-state index < -0.39 is 11.8 Å². The van der Waals surface area contributed by atoms with Gasteiger partial charge in [0.2, 0.25) is 0 Å². The van der Waals surface area contributed by atoms with Gasteiger partial charge in [0, 0.05) is 39.4 Å². The Morgan fingerprint density at radius 1 is 1.11 bits per heavy atom. The molecule has 0 spiro atoms. The summed E-state index contributed by atoms with van der Waals surface area (Å²) >= 11 is 0. The quantitative estimate of drug-likeness (QED) is 0.392. The van der Waals surface area contributed by atoms with Crippen molar-refractivity contribution in [1.82, 2.24) is 10.2 Å². The van der Waals surface area contributed by atoms with Crippen molar-refractivity contribution in [3.63, 3.8) is 0 Å². The summed E-state index contributed by atoms with van der Waals surface area (Å²) in [4.78, 5) is 24.9. The third kappa shape index (κ3) is 8.52. The lowest BCUT2D eigenvalue weighted by molar-refractivity contribution is -0.146. The molecular formula is C12H25N3O4. The van der Waals surface area contributed by atoms with Crippen LogP contribution in [0.25, 0.3) is 0 Å². The molecule has 0 radical (unpaired) electrons. The van der Waals surface area contributed by atoms with Crippen molar-refractivity contribution in [3.05, 3.63) is 0 Å². The molecule has 0 aromatic carbocycles. The van der Waals surface area contributed by atoms with E-state index in [2.05, 4.69) is 5.32 Å². The van der Waals surface area contributed by atoms with Crippen LogP contribution in [-0.4, -0.2) is 69.3 Å². The first kappa shape index (κ1) is 17.8. The highest BCUT2D eigenvalue weighted by Crippen LogP contribution is 1.92. The van der Waals surface area contributed by atoms with Crippen molar-refractivity contribution in [2.75, 3.05) is 52.6 Å². The highest BCUT2D eigenvalue weighted by atomic mass is 16.5. The Balaban J connectivity index is 4.26. The van der Waals surface area contributed by atoms with Gasteiger partial charge in [-0.2, -0.15) is 0 Å². The van der Waals surface area contributed by atoms with E-state index in [0.29, 0.717) is 46.1 Å². The van der Waals surface area contributed by atoms with Crippen molar-refractivity contribution >= 4 is 11.8 Å². The lowest BCUT2D eigenvalue weighted by Crippen LogP contribution is -2.46. The van der Waals surface area contributed by atoms with E-state index in [1.54, 1.807) is 0 Å². The molecule has 7 heteroatoms. The molecule has 2 amide bonds. The minimum atomic E-state index is -0.640. The Morgan fingerprint density at radius 3 is 2.05 bits per heavy atom. The normalized spacial score (nSPS) is 10.3. The predicted molar refractivity (Wildman–Crippen MR) is 71.6 cm³/mol. The second-order valence-electron chi connectivity index (χ2n) is 3.73. The number of rotatable bonds is 10. The van der Waals surface area contributed by atoms with Crippen LogP contribution < -0.4 is 11.1 Å². The fraction of sp³-hybridized carbons (Fsp3) is 0.833. The van der Waals surface area contributed by atoms with E-state index in [0.717, 1.165) is 0 Å². The molecular weight excluding hydrogens is 250 g/mol. The van der Waals surface area contributed by atoms with Gasteiger partial charge < -0.3 is 25.4 Å². The van der Waals surface area contributed by atoms with Gasteiger partial charge in [-0.1, -0.05) is 0 Å². The fourth-order valence-corrected chi connectivity index (χ4v) is 1.36. The summed E-state index contributed by atoms with van der Waals surface area (Å²) in [6, 6.07) is 0. The number of carbonyl (C=O) groups excluding carboxylic acids is 2. The number of nitrogens with two attached hydrogens (primary N) is 1. The van der Waals surface area contributed by atoms with E-state index in [9.17, 15) is 9.59 Å². The summed E-state index contributed by atoms with van der Waals surface area (Å²) in [5.74, 6) is -1.22.